The summed E-state index contributed by atoms with van der Waals surface area (Å²) in [6.45, 7) is 3.91. The van der Waals surface area contributed by atoms with E-state index in [0.29, 0.717) is 5.69 Å². The maximum atomic E-state index is 13.5. The highest BCUT2D eigenvalue weighted by atomic mass is 19.1. The van der Waals surface area contributed by atoms with Crippen molar-refractivity contribution in [2.75, 3.05) is 13.6 Å². The summed E-state index contributed by atoms with van der Waals surface area (Å²) in [7, 11) is 1.89. The van der Waals surface area contributed by atoms with Gasteiger partial charge in [-0.3, -0.25) is 4.98 Å². The van der Waals surface area contributed by atoms with Crippen molar-refractivity contribution in [1.29, 1.82) is 0 Å². The van der Waals surface area contributed by atoms with Crippen LogP contribution in [0.4, 0.5) is 4.39 Å². The van der Waals surface area contributed by atoms with Crippen LogP contribution in [0.1, 0.15) is 25.2 Å². The van der Waals surface area contributed by atoms with Crippen molar-refractivity contribution in [3.05, 3.63) is 29.6 Å². The van der Waals surface area contributed by atoms with Gasteiger partial charge in [-0.2, -0.15) is 0 Å². The first-order valence-electron chi connectivity index (χ1n) is 4.84. The minimum atomic E-state index is -1.35. The molecular weight excluding hydrogens is 179 g/mol. The molecule has 0 aliphatic rings. The van der Waals surface area contributed by atoms with Crippen molar-refractivity contribution in [3.63, 3.8) is 0 Å². The molecule has 0 aliphatic heterocycles. The highest BCUT2D eigenvalue weighted by molar-refractivity contribution is 5.16. The normalized spacial score (nSPS) is 11.7. The third-order valence-electron chi connectivity index (χ3n) is 2.05. The molecule has 0 atom stereocenters. The summed E-state index contributed by atoms with van der Waals surface area (Å²) >= 11 is 0. The number of alkyl halides is 1. The van der Waals surface area contributed by atoms with E-state index in [2.05, 4.69) is 10.3 Å². The zero-order chi connectivity index (χ0) is 10.6. The van der Waals surface area contributed by atoms with Gasteiger partial charge in [0.2, 0.25) is 0 Å². The smallest absolute Gasteiger partial charge is 0.147 e. The zero-order valence-corrected chi connectivity index (χ0v) is 8.97. The van der Waals surface area contributed by atoms with Gasteiger partial charge < -0.3 is 5.32 Å². The second kappa shape index (κ2) is 4.51. The third-order valence-corrected chi connectivity index (χ3v) is 2.05. The monoisotopic (exact) mass is 196 g/mol. The molecule has 0 fully saturated rings. The lowest BCUT2D eigenvalue weighted by Gasteiger charge is -2.14. The van der Waals surface area contributed by atoms with E-state index in [-0.39, 0.29) is 0 Å². The Hall–Kier alpha value is -0.960. The molecular formula is C11H17FN2. The molecule has 0 amide bonds. The summed E-state index contributed by atoms with van der Waals surface area (Å²) in [5.74, 6) is 0. The standard InChI is InChI=1S/C11H17FN2/c1-11(2,12)10-6-4-5-9(14-10)7-8-13-3/h4-6,13H,7-8H2,1-3H3. The number of nitrogens with one attached hydrogen (secondary N) is 1. The van der Waals surface area contributed by atoms with Gasteiger partial charge in [-0.15, -0.1) is 0 Å². The molecule has 0 aromatic carbocycles. The molecule has 3 heteroatoms. The largest absolute Gasteiger partial charge is 0.319 e. The number of likely N-dealkylation sites (N-methyl/N-ethyl adjacent to an activating group) is 1. The topological polar surface area (TPSA) is 24.9 Å². The number of aromatic nitrogens is 1. The maximum absolute atomic E-state index is 13.5. The Morgan fingerprint density at radius 2 is 2.14 bits per heavy atom. The van der Waals surface area contributed by atoms with E-state index < -0.39 is 5.67 Å². The fraction of sp³-hybridized carbons (Fsp3) is 0.545. The van der Waals surface area contributed by atoms with Crippen LogP contribution in [0.25, 0.3) is 0 Å². The molecule has 78 valence electrons. The third kappa shape index (κ3) is 3.07. The lowest BCUT2D eigenvalue weighted by molar-refractivity contribution is 0.214. The summed E-state index contributed by atoms with van der Waals surface area (Å²) in [5.41, 5.74) is 0.0871. The molecule has 2 nitrogen and oxygen atoms in total. The molecule has 0 bridgehead atoms. The number of halogens is 1. The fourth-order valence-electron chi connectivity index (χ4n) is 1.20. The van der Waals surface area contributed by atoms with Gasteiger partial charge in [-0.1, -0.05) is 6.07 Å². The average Bonchev–Trinajstić information content (AvgIpc) is 2.14. The highest BCUT2D eigenvalue weighted by Gasteiger charge is 2.20. The molecule has 1 N–H and O–H groups in total. The first-order chi connectivity index (χ1) is 6.54. The van der Waals surface area contributed by atoms with E-state index in [9.17, 15) is 4.39 Å². The predicted octanol–water partition coefficient (Wildman–Crippen LogP) is 2.05. The average molecular weight is 196 g/mol. The van der Waals surface area contributed by atoms with Gasteiger partial charge in [-0.05, 0) is 33.0 Å². The van der Waals surface area contributed by atoms with Crippen LogP contribution in [-0.2, 0) is 12.1 Å². The van der Waals surface area contributed by atoms with Gasteiger partial charge in [0.25, 0.3) is 0 Å². The van der Waals surface area contributed by atoms with Crippen LogP contribution in [0.3, 0.4) is 0 Å². The number of hydrogen-bond acceptors (Lipinski definition) is 2. The highest BCUT2D eigenvalue weighted by Crippen LogP contribution is 2.22. The van der Waals surface area contributed by atoms with Crippen molar-refractivity contribution in [2.45, 2.75) is 25.9 Å². The quantitative estimate of drug-likeness (QED) is 0.797. The Kier molecular flexibility index (Phi) is 3.58. The molecule has 1 rings (SSSR count). The first-order valence-corrected chi connectivity index (χ1v) is 4.84. The Morgan fingerprint density at radius 3 is 2.71 bits per heavy atom. The maximum Gasteiger partial charge on any atom is 0.147 e. The summed E-state index contributed by atoms with van der Waals surface area (Å²) < 4.78 is 13.5. The summed E-state index contributed by atoms with van der Waals surface area (Å²) in [6.07, 6.45) is 0.834. The molecule has 1 heterocycles. The molecule has 0 spiro atoms. The van der Waals surface area contributed by atoms with Crippen LogP contribution >= 0.6 is 0 Å². The van der Waals surface area contributed by atoms with E-state index in [4.69, 9.17) is 0 Å². The van der Waals surface area contributed by atoms with E-state index in [1.165, 1.54) is 13.8 Å². The number of nitrogens with zero attached hydrogens (tertiary/aromatic N) is 1. The van der Waals surface area contributed by atoms with Gasteiger partial charge in [0.05, 0.1) is 5.69 Å². The summed E-state index contributed by atoms with van der Waals surface area (Å²) in [6, 6.07) is 5.50. The molecule has 0 aliphatic carbocycles. The van der Waals surface area contributed by atoms with Crippen LogP contribution in [0.15, 0.2) is 18.2 Å². The van der Waals surface area contributed by atoms with Gasteiger partial charge >= 0.3 is 0 Å². The second-order valence-electron chi connectivity index (χ2n) is 3.84. The lowest BCUT2D eigenvalue weighted by atomic mass is 10.1. The minimum absolute atomic E-state index is 0.506. The zero-order valence-electron chi connectivity index (χ0n) is 8.97. The van der Waals surface area contributed by atoms with Crippen LogP contribution in [-0.4, -0.2) is 18.6 Å². The molecule has 14 heavy (non-hydrogen) atoms. The van der Waals surface area contributed by atoms with E-state index in [1.807, 2.05) is 19.2 Å². The molecule has 0 radical (unpaired) electrons. The molecule has 1 aromatic rings. The number of pyridine rings is 1. The van der Waals surface area contributed by atoms with E-state index >= 15 is 0 Å². The van der Waals surface area contributed by atoms with Crippen LogP contribution < -0.4 is 5.32 Å². The van der Waals surface area contributed by atoms with Crippen molar-refractivity contribution in [2.24, 2.45) is 0 Å². The lowest BCUT2D eigenvalue weighted by Crippen LogP contribution is -2.15. The molecule has 0 unspecified atom stereocenters. The van der Waals surface area contributed by atoms with Gasteiger partial charge in [0, 0.05) is 18.7 Å². The molecule has 0 saturated heterocycles. The Morgan fingerprint density at radius 1 is 1.43 bits per heavy atom. The van der Waals surface area contributed by atoms with Crippen LogP contribution in [0.5, 0.6) is 0 Å². The van der Waals surface area contributed by atoms with E-state index in [0.717, 1.165) is 18.7 Å². The van der Waals surface area contributed by atoms with Gasteiger partial charge in [0.1, 0.15) is 5.67 Å². The number of rotatable bonds is 4. The summed E-state index contributed by atoms with van der Waals surface area (Å²) in [5, 5.41) is 3.04. The number of hydrogen-bond donors (Lipinski definition) is 1. The van der Waals surface area contributed by atoms with Gasteiger partial charge in [0.15, 0.2) is 0 Å². The molecule has 1 aromatic heterocycles. The predicted molar refractivity (Wildman–Crippen MR) is 56.0 cm³/mol. The Bertz CT molecular complexity index is 292. The van der Waals surface area contributed by atoms with Gasteiger partial charge in [-0.25, -0.2) is 4.39 Å². The first kappa shape index (κ1) is 11.1. The van der Waals surface area contributed by atoms with Crippen molar-refractivity contribution in [3.8, 4) is 0 Å². The van der Waals surface area contributed by atoms with Crippen LogP contribution in [0.2, 0.25) is 0 Å². The van der Waals surface area contributed by atoms with Crippen molar-refractivity contribution >= 4 is 0 Å². The summed E-state index contributed by atoms with van der Waals surface area (Å²) in [4.78, 5) is 4.27. The Balaban J connectivity index is 2.79. The van der Waals surface area contributed by atoms with Crippen molar-refractivity contribution < 1.29 is 4.39 Å². The van der Waals surface area contributed by atoms with Crippen molar-refractivity contribution in [1.82, 2.24) is 10.3 Å². The Labute approximate surface area is 84.6 Å². The SMILES string of the molecule is CNCCc1cccc(C(C)(C)F)n1. The second-order valence-corrected chi connectivity index (χ2v) is 3.84. The van der Waals surface area contributed by atoms with E-state index in [1.54, 1.807) is 6.07 Å². The molecule has 0 saturated carbocycles. The van der Waals surface area contributed by atoms with Crippen LogP contribution in [0, 0.1) is 0 Å². The fourth-order valence-corrected chi connectivity index (χ4v) is 1.20. The minimum Gasteiger partial charge on any atom is -0.319 e.